The van der Waals surface area contributed by atoms with Gasteiger partial charge in [-0.2, -0.15) is 5.26 Å². The fourth-order valence-electron chi connectivity index (χ4n) is 1.52. The summed E-state index contributed by atoms with van der Waals surface area (Å²) in [5.74, 6) is -0.638. The molecule has 0 atom stereocenters. The molecule has 17 heavy (non-hydrogen) atoms. The maximum absolute atomic E-state index is 11.3. The zero-order valence-corrected chi connectivity index (χ0v) is 9.43. The van der Waals surface area contributed by atoms with Gasteiger partial charge >= 0.3 is 5.97 Å². The Morgan fingerprint density at radius 1 is 1.53 bits per heavy atom. The Hall–Kier alpha value is -2.06. The Kier molecular flexibility index (Phi) is 4.49. The predicted molar refractivity (Wildman–Crippen MR) is 59.1 cm³/mol. The van der Waals surface area contributed by atoms with Crippen LogP contribution in [0.3, 0.4) is 0 Å². The molecule has 1 rings (SSSR count). The van der Waals surface area contributed by atoms with Gasteiger partial charge in [-0.15, -0.1) is 0 Å². The molecule has 0 spiro atoms. The molecule has 0 saturated heterocycles. The van der Waals surface area contributed by atoms with E-state index in [1.807, 2.05) is 0 Å². The Balaban J connectivity index is 3.09. The number of carbonyl (C=O) groups is 1. The molecular formula is C12H13NO4. The predicted octanol–water partition coefficient (Wildman–Crippen LogP) is 0.862. The minimum Gasteiger partial charge on any atom is -0.507 e. The highest BCUT2D eigenvalue weighted by molar-refractivity contribution is 5.73. The summed E-state index contributed by atoms with van der Waals surface area (Å²) in [6.45, 7) is 1.56. The normalized spacial score (nSPS) is 9.71. The zero-order valence-electron chi connectivity index (χ0n) is 9.43. The SMILES string of the molecule is CCOC(=O)Cc1ccc(O)c(C#N)c1CO. The Morgan fingerprint density at radius 2 is 2.24 bits per heavy atom. The summed E-state index contributed by atoms with van der Waals surface area (Å²) in [6, 6.07) is 4.62. The van der Waals surface area contributed by atoms with Crippen LogP contribution in [0.25, 0.3) is 0 Å². The first-order valence-electron chi connectivity index (χ1n) is 5.14. The lowest BCUT2D eigenvalue weighted by atomic mass is 9.99. The summed E-state index contributed by atoms with van der Waals surface area (Å²) in [5.41, 5.74) is 0.746. The highest BCUT2D eigenvalue weighted by atomic mass is 16.5. The lowest BCUT2D eigenvalue weighted by molar-refractivity contribution is -0.142. The number of aliphatic hydroxyl groups excluding tert-OH is 1. The third-order valence-corrected chi connectivity index (χ3v) is 2.30. The van der Waals surface area contributed by atoms with Gasteiger partial charge in [0, 0.05) is 5.56 Å². The van der Waals surface area contributed by atoms with Crippen molar-refractivity contribution in [1.82, 2.24) is 0 Å². The van der Waals surface area contributed by atoms with Crippen LogP contribution in [0.4, 0.5) is 0 Å². The summed E-state index contributed by atoms with van der Waals surface area (Å²) in [6.07, 6.45) is -0.0291. The second kappa shape index (κ2) is 5.87. The van der Waals surface area contributed by atoms with Crippen molar-refractivity contribution in [2.75, 3.05) is 6.61 Å². The fourth-order valence-corrected chi connectivity index (χ4v) is 1.52. The molecule has 0 aliphatic heterocycles. The van der Waals surface area contributed by atoms with Crippen LogP contribution in [0.5, 0.6) is 5.75 Å². The third kappa shape index (κ3) is 2.95. The standard InChI is InChI=1S/C12H13NO4/c1-2-17-12(16)5-8-3-4-11(15)9(6-13)10(8)7-14/h3-4,14-15H,2,5,7H2,1H3. The van der Waals surface area contributed by atoms with Crippen molar-refractivity contribution in [3.05, 3.63) is 28.8 Å². The van der Waals surface area contributed by atoms with Gasteiger partial charge in [-0.25, -0.2) is 0 Å². The van der Waals surface area contributed by atoms with Crippen molar-refractivity contribution in [2.45, 2.75) is 20.0 Å². The highest BCUT2D eigenvalue weighted by Crippen LogP contribution is 2.24. The number of nitriles is 1. The summed E-state index contributed by atoms with van der Waals surface area (Å²) < 4.78 is 4.78. The van der Waals surface area contributed by atoms with E-state index in [9.17, 15) is 15.0 Å². The van der Waals surface area contributed by atoms with E-state index >= 15 is 0 Å². The molecule has 0 amide bonds. The zero-order chi connectivity index (χ0) is 12.8. The first-order chi connectivity index (χ1) is 8.13. The molecule has 0 fully saturated rings. The van der Waals surface area contributed by atoms with Gasteiger partial charge in [0.25, 0.3) is 0 Å². The fraction of sp³-hybridized carbons (Fsp3) is 0.333. The Bertz CT molecular complexity index is 462. The highest BCUT2D eigenvalue weighted by Gasteiger charge is 2.14. The van der Waals surface area contributed by atoms with E-state index in [2.05, 4.69) is 0 Å². The van der Waals surface area contributed by atoms with E-state index in [1.54, 1.807) is 13.0 Å². The number of hydrogen-bond acceptors (Lipinski definition) is 5. The minimum absolute atomic E-state index is 0.00528. The van der Waals surface area contributed by atoms with Gasteiger partial charge in [-0.05, 0) is 18.6 Å². The maximum atomic E-state index is 11.3. The molecular weight excluding hydrogens is 222 g/mol. The number of hydrogen-bond donors (Lipinski definition) is 2. The van der Waals surface area contributed by atoms with Crippen molar-refractivity contribution in [2.24, 2.45) is 0 Å². The van der Waals surface area contributed by atoms with E-state index in [4.69, 9.17) is 10.00 Å². The van der Waals surface area contributed by atoms with Gasteiger partial charge < -0.3 is 14.9 Å². The maximum Gasteiger partial charge on any atom is 0.310 e. The van der Waals surface area contributed by atoms with Gasteiger partial charge in [0.2, 0.25) is 0 Å². The summed E-state index contributed by atoms with van der Waals surface area (Å²) >= 11 is 0. The Labute approximate surface area is 98.9 Å². The summed E-state index contributed by atoms with van der Waals surface area (Å²) in [7, 11) is 0. The van der Waals surface area contributed by atoms with Crippen LogP contribution in [0.15, 0.2) is 12.1 Å². The van der Waals surface area contributed by atoms with Gasteiger partial charge in [-0.3, -0.25) is 4.79 Å². The largest absolute Gasteiger partial charge is 0.507 e. The van der Waals surface area contributed by atoms with Crippen LogP contribution in [-0.4, -0.2) is 22.8 Å². The number of nitrogens with zero attached hydrogens (tertiary/aromatic N) is 1. The molecule has 0 saturated carbocycles. The van der Waals surface area contributed by atoms with E-state index in [0.29, 0.717) is 5.56 Å². The van der Waals surface area contributed by atoms with Crippen LogP contribution >= 0.6 is 0 Å². The number of aliphatic hydroxyl groups is 1. The van der Waals surface area contributed by atoms with Crippen LogP contribution in [0, 0.1) is 11.3 Å². The van der Waals surface area contributed by atoms with Crippen molar-refractivity contribution in [3.63, 3.8) is 0 Å². The lowest BCUT2D eigenvalue weighted by Crippen LogP contribution is -2.10. The number of aromatic hydroxyl groups is 1. The van der Waals surface area contributed by atoms with Crippen LogP contribution in [-0.2, 0) is 22.6 Å². The molecule has 5 nitrogen and oxygen atoms in total. The average Bonchev–Trinajstić information content (AvgIpc) is 2.31. The van der Waals surface area contributed by atoms with Gasteiger partial charge in [-0.1, -0.05) is 6.07 Å². The smallest absolute Gasteiger partial charge is 0.310 e. The molecule has 0 bridgehead atoms. The number of esters is 1. The molecule has 1 aromatic carbocycles. The van der Waals surface area contributed by atoms with Crippen molar-refractivity contribution >= 4 is 5.97 Å². The number of phenols is 1. The minimum atomic E-state index is -0.434. The molecule has 0 aliphatic rings. The molecule has 1 aromatic rings. The number of benzene rings is 1. The molecule has 90 valence electrons. The molecule has 0 aliphatic carbocycles. The quantitative estimate of drug-likeness (QED) is 0.755. The number of carbonyl (C=O) groups excluding carboxylic acids is 1. The molecule has 0 heterocycles. The number of ether oxygens (including phenoxy) is 1. The summed E-state index contributed by atoms with van der Waals surface area (Å²) in [4.78, 5) is 11.3. The number of phenolic OH excluding ortho intramolecular Hbond substituents is 1. The third-order valence-electron chi connectivity index (χ3n) is 2.30. The summed E-state index contributed by atoms with van der Waals surface area (Å²) in [5, 5.41) is 27.5. The van der Waals surface area contributed by atoms with E-state index in [0.717, 1.165) is 0 Å². The second-order valence-corrected chi connectivity index (χ2v) is 3.35. The van der Waals surface area contributed by atoms with Gasteiger partial charge in [0.1, 0.15) is 11.8 Å². The van der Waals surface area contributed by atoms with Crippen molar-refractivity contribution < 1.29 is 19.7 Å². The average molecular weight is 235 g/mol. The monoisotopic (exact) mass is 235 g/mol. The van der Waals surface area contributed by atoms with E-state index in [1.165, 1.54) is 12.1 Å². The molecule has 0 radical (unpaired) electrons. The van der Waals surface area contributed by atoms with Gasteiger partial charge in [0.15, 0.2) is 0 Å². The van der Waals surface area contributed by atoms with Gasteiger partial charge in [0.05, 0.1) is 25.2 Å². The lowest BCUT2D eigenvalue weighted by Gasteiger charge is -2.09. The molecule has 0 aromatic heterocycles. The van der Waals surface area contributed by atoms with Crippen molar-refractivity contribution in [1.29, 1.82) is 5.26 Å². The van der Waals surface area contributed by atoms with E-state index in [-0.39, 0.29) is 29.9 Å². The molecule has 5 heteroatoms. The van der Waals surface area contributed by atoms with Crippen LogP contribution < -0.4 is 0 Å². The van der Waals surface area contributed by atoms with Crippen LogP contribution in [0.1, 0.15) is 23.6 Å². The first-order valence-corrected chi connectivity index (χ1v) is 5.14. The topological polar surface area (TPSA) is 90.5 Å². The van der Waals surface area contributed by atoms with Crippen molar-refractivity contribution in [3.8, 4) is 11.8 Å². The second-order valence-electron chi connectivity index (χ2n) is 3.35. The molecule has 2 N–H and O–H groups in total. The number of rotatable bonds is 4. The Morgan fingerprint density at radius 3 is 2.76 bits per heavy atom. The first kappa shape index (κ1) is 13.0. The van der Waals surface area contributed by atoms with Crippen LogP contribution in [0.2, 0.25) is 0 Å². The van der Waals surface area contributed by atoms with E-state index < -0.39 is 12.6 Å². The molecule has 0 unspecified atom stereocenters.